The average Bonchev–Trinajstić information content (AvgIpc) is 2.78. The Bertz CT molecular complexity index is 735. The Morgan fingerprint density at radius 1 is 1.41 bits per heavy atom. The minimum absolute atomic E-state index is 0.0851. The molecule has 3 amide bonds. The first-order valence-corrected chi connectivity index (χ1v) is 10.3. The number of carbonyl (C=O) groups excluding carboxylic acids is 2. The molecular formula is C15H25N5O6S. The van der Waals surface area contributed by atoms with Crippen molar-refractivity contribution in [3.8, 4) is 0 Å². The van der Waals surface area contributed by atoms with Crippen molar-refractivity contribution in [1.82, 2.24) is 20.6 Å². The van der Waals surface area contributed by atoms with Gasteiger partial charge in [-0.15, -0.1) is 4.28 Å². The van der Waals surface area contributed by atoms with Gasteiger partial charge in [0.05, 0.1) is 12.1 Å². The molecule has 152 valence electrons. The summed E-state index contributed by atoms with van der Waals surface area (Å²) in [6, 6.07) is -1.93. The zero-order valence-corrected chi connectivity index (χ0v) is 15.9. The van der Waals surface area contributed by atoms with Gasteiger partial charge >= 0.3 is 16.4 Å². The van der Waals surface area contributed by atoms with Crippen molar-refractivity contribution in [3.05, 3.63) is 0 Å². The first-order chi connectivity index (χ1) is 12.6. The maximum atomic E-state index is 12.4. The van der Waals surface area contributed by atoms with Gasteiger partial charge in [0, 0.05) is 13.0 Å². The molecule has 0 aliphatic carbocycles. The second-order valence-electron chi connectivity index (χ2n) is 7.71. The zero-order chi connectivity index (χ0) is 19.8. The number of nitrogens with zero attached hydrogens (tertiary/aromatic N) is 2. The van der Waals surface area contributed by atoms with Crippen LogP contribution in [0, 0.1) is 10.8 Å². The molecule has 27 heavy (non-hydrogen) atoms. The molecule has 3 saturated heterocycles. The summed E-state index contributed by atoms with van der Waals surface area (Å²) in [7, 11) is -4.81. The van der Waals surface area contributed by atoms with Crippen molar-refractivity contribution in [2.75, 3.05) is 19.6 Å². The van der Waals surface area contributed by atoms with E-state index in [1.54, 1.807) is 0 Å². The lowest BCUT2D eigenvalue weighted by Crippen LogP contribution is -2.51. The molecule has 2 unspecified atom stereocenters. The van der Waals surface area contributed by atoms with Gasteiger partial charge in [0.15, 0.2) is 0 Å². The van der Waals surface area contributed by atoms with E-state index in [-0.39, 0.29) is 23.7 Å². The summed E-state index contributed by atoms with van der Waals surface area (Å²) in [4.78, 5) is 26.0. The lowest BCUT2D eigenvalue weighted by molar-refractivity contribution is -0.122. The molecular weight excluding hydrogens is 378 g/mol. The first kappa shape index (κ1) is 20.0. The number of rotatable bonds is 5. The third kappa shape index (κ3) is 4.57. The highest BCUT2D eigenvalue weighted by Crippen LogP contribution is 2.33. The van der Waals surface area contributed by atoms with Crippen molar-refractivity contribution in [1.29, 1.82) is 5.41 Å². The van der Waals surface area contributed by atoms with Crippen LogP contribution >= 0.6 is 0 Å². The van der Waals surface area contributed by atoms with Gasteiger partial charge in [-0.3, -0.25) is 14.8 Å². The van der Waals surface area contributed by atoms with E-state index >= 15 is 0 Å². The van der Waals surface area contributed by atoms with Crippen molar-refractivity contribution >= 4 is 28.2 Å². The van der Waals surface area contributed by atoms with E-state index in [0.29, 0.717) is 24.3 Å². The molecule has 3 aliphatic heterocycles. The Labute approximate surface area is 157 Å². The van der Waals surface area contributed by atoms with Gasteiger partial charge in [-0.2, -0.15) is 13.5 Å². The zero-order valence-electron chi connectivity index (χ0n) is 15.1. The minimum atomic E-state index is -4.81. The molecule has 0 saturated carbocycles. The quantitative estimate of drug-likeness (QED) is 0.283. The van der Waals surface area contributed by atoms with Gasteiger partial charge in [0.25, 0.3) is 0 Å². The maximum Gasteiger partial charge on any atom is 0.418 e. The molecule has 0 aromatic rings. The highest BCUT2D eigenvalue weighted by atomic mass is 32.3. The smallest absolute Gasteiger partial charge is 0.317 e. The highest BCUT2D eigenvalue weighted by Gasteiger charge is 2.48. The van der Waals surface area contributed by atoms with Gasteiger partial charge in [-0.1, -0.05) is 6.92 Å². The Hall–Kier alpha value is -1.76. The van der Waals surface area contributed by atoms with Gasteiger partial charge in [0.2, 0.25) is 5.91 Å². The monoisotopic (exact) mass is 403 g/mol. The van der Waals surface area contributed by atoms with Crippen molar-refractivity contribution < 1.29 is 26.8 Å². The summed E-state index contributed by atoms with van der Waals surface area (Å²) in [5.41, 5.74) is -0.114. The third-order valence-electron chi connectivity index (χ3n) is 5.50. The standard InChI is InChI=1S/C15H25N5O6S/c1-15(4-6-17-7-5-15)8-12(21)18-13(16)11-3-2-10-9-19(11)14(22)20(10)26-27(23,24)25/h10-11,17H,2-9H2,1H3,(H2,16,18,21)(H,23,24,25). The molecule has 4 N–H and O–H groups in total. The molecule has 3 rings (SSSR count). The third-order valence-corrected chi connectivity index (χ3v) is 5.85. The van der Waals surface area contributed by atoms with Crippen LogP contribution in [0.3, 0.4) is 0 Å². The summed E-state index contributed by atoms with van der Waals surface area (Å²) in [5, 5.41) is 14.7. The number of amides is 3. The van der Waals surface area contributed by atoms with Crippen molar-refractivity contribution in [2.24, 2.45) is 5.41 Å². The first-order valence-electron chi connectivity index (χ1n) is 8.94. The highest BCUT2D eigenvalue weighted by molar-refractivity contribution is 7.80. The van der Waals surface area contributed by atoms with E-state index in [9.17, 15) is 18.0 Å². The van der Waals surface area contributed by atoms with Crippen LogP contribution in [0.1, 0.15) is 39.0 Å². The predicted octanol–water partition coefficient (Wildman–Crippen LogP) is -0.137. The van der Waals surface area contributed by atoms with Crippen LogP contribution < -0.4 is 10.6 Å². The predicted molar refractivity (Wildman–Crippen MR) is 94.1 cm³/mol. The van der Waals surface area contributed by atoms with E-state index in [4.69, 9.17) is 9.96 Å². The summed E-state index contributed by atoms with van der Waals surface area (Å²) in [5.74, 6) is -0.345. The van der Waals surface area contributed by atoms with Crippen LogP contribution in [0.4, 0.5) is 4.79 Å². The number of hydroxylamine groups is 2. The number of hydrogen-bond acceptors (Lipinski definition) is 7. The fourth-order valence-electron chi connectivity index (χ4n) is 4.00. The number of carbonyl (C=O) groups is 2. The SMILES string of the molecule is CC1(CC(=O)NC(=N)C2CCC3CN2C(=O)N3OS(=O)(=O)O)CCNCC1. The molecule has 12 heteroatoms. The number of fused-ring (bicyclic) bond motifs is 2. The molecule has 0 aromatic heterocycles. The molecule has 3 heterocycles. The summed E-state index contributed by atoms with van der Waals surface area (Å²) in [6.07, 6.45) is 2.85. The largest absolute Gasteiger partial charge is 0.418 e. The van der Waals surface area contributed by atoms with Crippen LogP contribution in [0.15, 0.2) is 0 Å². The Kier molecular flexibility index (Phi) is 5.43. The Balaban J connectivity index is 1.59. The lowest BCUT2D eigenvalue weighted by Gasteiger charge is -2.34. The lowest BCUT2D eigenvalue weighted by atomic mass is 9.78. The van der Waals surface area contributed by atoms with E-state index in [0.717, 1.165) is 25.9 Å². The maximum absolute atomic E-state index is 12.4. The molecule has 2 bridgehead atoms. The van der Waals surface area contributed by atoms with Crippen LogP contribution in [-0.4, -0.2) is 72.4 Å². The second kappa shape index (κ2) is 7.34. The van der Waals surface area contributed by atoms with Crippen LogP contribution in [0.25, 0.3) is 0 Å². The van der Waals surface area contributed by atoms with E-state index < -0.39 is 28.5 Å². The molecule has 3 fully saturated rings. The van der Waals surface area contributed by atoms with E-state index in [1.165, 1.54) is 4.90 Å². The second-order valence-corrected chi connectivity index (χ2v) is 8.71. The van der Waals surface area contributed by atoms with Gasteiger partial charge in [-0.05, 0) is 44.2 Å². The number of amidine groups is 1. The molecule has 2 atom stereocenters. The Morgan fingerprint density at radius 2 is 2.07 bits per heavy atom. The topological polar surface area (TPSA) is 152 Å². The fourth-order valence-corrected chi connectivity index (χ4v) is 4.39. The number of hydrogen-bond donors (Lipinski definition) is 4. The summed E-state index contributed by atoms with van der Waals surface area (Å²) in [6.45, 7) is 3.94. The van der Waals surface area contributed by atoms with Crippen LogP contribution in [0.5, 0.6) is 0 Å². The number of urea groups is 1. The van der Waals surface area contributed by atoms with Crippen LogP contribution in [-0.2, 0) is 19.5 Å². The van der Waals surface area contributed by atoms with Gasteiger partial charge < -0.3 is 15.5 Å². The average molecular weight is 403 g/mol. The van der Waals surface area contributed by atoms with Gasteiger partial charge in [0.1, 0.15) is 5.84 Å². The van der Waals surface area contributed by atoms with Gasteiger partial charge in [-0.25, -0.2) is 4.79 Å². The minimum Gasteiger partial charge on any atom is -0.317 e. The summed E-state index contributed by atoms with van der Waals surface area (Å²) >= 11 is 0. The molecule has 0 radical (unpaired) electrons. The summed E-state index contributed by atoms with van der Waals surface area (Å²) < 4.78 is 35.0. The van der Waals surface area contributed by atoms with Crippen LogP contribution in [0.2, 0.25) is 0 Å². The normalized spacial score (nSPS) is 27.6. The Morgan fingerprint density at radius 3 is 2.70 bits per heavy atom. The molecule has 0 aromatic carbocycles. The molecule has 11 nitrogen and oxygen atoms in total. The van der Waals surface area contributed by atoms with Crippen molar-refractivity contribution in [2.45, 2.75) is 51.1 Å². The molecule has 0 spiro atoms. The number of piperidine rings is 2. The van der Waals surface area contributed by atoms with E-state index in [1.807, 2.05) is 0 Å². The fraction of sp³-hybridized carbons (Fsp3) is 0.800. The van der Waals surface area contributed by atoms with E-state index in [2.05, 4.69) is 21.8 Å². The number of nitrogens with one attached hydrogen (secondary N) is 3. The van der Waals surface area contributed by atoms with Crippen molar-refractivity contribution in [3.63, 3.8) is 0 Å². The molecule has 3 aliphatic rings.